The first-order chi connectivity index (χ1) is 0. The average Bonchev–Trinajstić information content (AvgIpc) is 0. The molecule has 0 saturated heterocycles. The van der Waals surface area contributed by atoms with Crippen molar-refractivity contribution < 1.29 is 59.1 Å². The summed E-state index contributed by atoms with van der Waals surface area (Å²) in [5.74, 6) is 0. The molecule has 0 heterocycles. The summed E-state index contributed by atoms with van der Waals surface area (Å²) in [6.45, 7) is 0. The minimum Gasteiger partial charge on any atom is -2.00 e. The van der Waals surface area contributed by atoms with Crippen LogP contribution in [0.5, 0.6) is 0 Å². The van der Waals surface area contributed by atoms with Gasteiger partial charge in [-0.25, -0.2) is 0 Å². The summed E-state index contributed by atoms with van der Waals surface area (Å²) < 4.78 is 0. The Labute approximate surface area is 79.7 Å². The molecule has 0 aliphatic carbocycles. The molecule has 0 nitrogen and oxygen atoms in total. The van der Waals surface area contributed by atoms with Crippen LogP contribution in [0.3, 0.4) is 0 Å². The molecule has 11 valence electrons. The molecule has 0 N–H and O–H groups in total. The van der Waals surface area contributed by atoms with Crippen LogP contribution in [0.2, 0.25) is 0 Å². The van der Waals surface area contributed by atoms with Gasteiger partial charge in [-0.1, -0.05) is 0 Å². The molecule has 0 aliphatic rings. The van der Waals surface area contributed by atoms with Gasteiger partial charge in [0.1, 0.15) is 0 Å². The van der Waals surface area contributed by atoms with Crippen LogP contribution in [-0.2, 0) is 13.5 Å². The molecule has 0 bridgehead atoms. The number of hydrogen-bond donors (Lipinski definition) is 0. The Bertz CT molecular complexity index is 6.00. The van der Waals surface area contributed by atoms with Crippen molar-refractivity contribution in [1.82, 2.24) is 0 Å². The van der Waals surface area contributed by atoms with Crippen LogP contribution < -0.4 is 59.1 Å². The largest absolute Gasteiger partial charge is 2.00 e. The first-order valence-electron chi connectivity index (χ1n) is 0. The van der Waals surface area contributed by atoms with Crippen molar-refractivity contribution in [1.29, 1.82) is 0 Å². The van der Waals surface area contributed by atoms with E-state index in [0.717, 1.165) is 0 Å². The van der Waals surface area contributed by atoms with E-state index >= 15 is 0 Å². The Kier molecular flexibility index (Phi) is 146. The van der Waals surface area contributed by atoms with E-state index in [9.17, 15) is 0 Å². The molecule has 0 aromatic rings. The van der Waals surface area contributed by atoms with E-state index in [1.54, 1.807) is 0 Å². The smallest absolute Gasteiger partial charge is 1.00 e. The standard InChI is InChI=1S/B.2Na.S/q;2*+1;-2. The van der Waals surface area contributed by atoms with Crippen LogP contribution in [0.1, 0.15) is 0 Å². The van der Waals surface area contributed by atoms with E-state index in [-0.39, 0.29) is 81.0 Å². The first kappa shape index (κ1) is 32.3. The molecule has 0 amide bonds. The van der Waals surface area contributed by atoms with E-state index in [2.05, 4.69) is 0 Å². The second-order valence-electron chi connectivity index (χ2n) is 0. The minimum atomic E-state index is 0. The van der Waals surface area contributed by atoms with Crippen molar-refractivity contribution in [2.24, 2.45) is 0 Å². The molecule has 0 saturated carbocycles. The fourth-order valence-electron chi connectivity index (χ4n) is 0. The Morgan fingerprint density at radius 1 is 0.750 bits per heavy atom. The van der Waals surface area contributed by atoms with Gasteiger partial charge in [-0.2, -0.15) is 0 Å². The summed E-state index contributed by atoms with van der Waals surface area (Å²) in [4.78, 5) is 0. The number of rotatable bonds is 0. The van der Waals surface area contributed by atoms with Crippen LogP contribution in [0.15, 0.2) is 0 Å². The summed E-state index contributed by atoms with van der Waals surface area (Å²) in [6, 6.07) is 0. The van der Waals surface area contributed by atoms with E-state index in [1.807, 2.05) is 0 Å². The van der Waals surface area contributed by atoms with Gasteiger partial charge in [0.05, 0.1) is 0 Å². The van der Waals surface area contributed by atoms with Gasteiger partial charge in [0, 0.05) is 8.41 Å². The Morgan fingerprint density at radius 3 is 0.750 bits per heavy atom. The molecule has 0 fully saturated rings. The van der Waals surface area contributed by atoms with Gasteiger partial charge in [0.25, 0.3) is 0 Å². The van der Waals surface area contributed by atoms with Crippen molar-refractivity contribution in [3.8, 4) is 0 Å². The monoisotopic (exact) mass is 89.0 g/mol. The second-order valence-corrected chi connectivity index (χ2v) is 0. The third-order valence-electron chi connectivity index (χ3n) is 0. The van der Waals surface area contributed by atoms with Crippen LogP contribution in [0.25, 0.3) is 0 Å². The van der Waals surface area contributed by atoms with Crippen LogP contribution in [-0.4, -0.2) is 8.41 Å². The van der Waals surface area contributed by atoms with Crippen molar-refractivity contribution in [3.63, 3.8) is 0 Å². The Morgan fingerprint density at radius 2 is 0.750 bits per heavy atom. The maximum Gasteiger partial charge on any atom is 1.00 e. The fourth-order valence-corrected chi connectivity index (χ4v) is 0. The molecule has 0 rings (SSSR count). The van der Waals surface area contributed by atoms with Gasteiger partial charge < -0.3 is 13.5 Å². The Balaban J connectivity index is 0. The quantitative estimate of drug-likeness (QED) is 0.259. The van der Waals surface area contributed by atoms with Gasteiger partial charge in [0.15, 0.2) is 0 Å². The second kappa shape index (κ2) is 18.1. The molecule has 4 heteroatoms. The van der Waals surface area contributed by atoms with Gasteiger partial charge >= 0.3 is 59.1 Å². The van der Waals surface area contributed by atoms with Crippen LogP contribution in [0.4, 0.5) is 0 Å². The molecule has 3 radical (unpaired) electrons. The van der Waals surface area contributed by atoms with Crippen molar-refractivity contribution in [3.05, 3.63) is 0 Å². The SMILES string of the molecule is [B].[Na+].[Na+].[S-2]. The molecule has 0 spiro atoms. The van der Waals surface area contributed by atoms with Gasteiger partial charge in [0.2, 0.25) is 0 Å². The third kappa shape index (κ3) is 8.83. The normalized spacial score (nSPS) is 0. The van der Waals surface area contributed by atoms with E-state index < -0.39 is 0 Å². The number of hydrogen-bond acceptors (Lipinski definition) is 0. The predicted molar refractivity (Wildman–Crippen MR) is 13.1 cm³/mol. The van der Waals surface area contributed by atoms with Crippen molar-refractivity contribution >= 4 is 21.9 Å². The third-order valence-corrected chi connectivity index (χ3v) is 0. The van der Waals surface area contributed by atoms with E-state index in [0.29, 0.717) is 0 Å². The van der Waals surface area contributed by atoms with Crippen LogP contribution in [0, 0.1) is 0 Å². The molecular weight excluding hydrogens is 88.9 g/mol. The molecule has 0 unspecified atom stereocenters. The first-order valence-corrected chi connectivity index (χ1v) is 0. The molecular formula is BNa2S. The van der Waals surface area contributed by atoms with Crippen molar-refractivity contribution in [2.45, 2.75) is 0 Å². The average molecular weight is 88.9 g/mol. The maximum atomic E-state index is 0. The summed E-state index contributed by atoms with van der Waals surface area (Å²) in [7, 11) is 0. The van der Waals surface area contributed by atoms with Gasteiger partial charge in [-0.3, -0.25) is 0 Å². The zero-order chi connectivity index (χ0) is 0. The summed E-state index contributed by atoms with van der Waals surface area (Å²) in [6.07, 6.45) is 0. The summed E-state index contributed by atoms with van der Waals surface area (Å²) in [5.41, 5.74) is 0. The van der Waals surface area contributed by atoms with E-state index in [1.165, 1.54) is 0 Å². The molecule has 0 aromatic carbocycles. The summed E-state index contributed by atoms with van der Waals surface area (Å²) >= 11 is 0. The Hall–Kier alpha value is 2.41. The molecule has 0 aliphatic heterocycles. The van der Waals surface area contributed by atoms with E-state index in [4.69, 9.17) is 0 Å². The predicted octanol–water partition coefficient (Wildman–Crippen LogP) is -6.38. The molecule has 0 atom stereocenters. The molecule has 0 aromatic heterocycles. The van der Waals surface area contributed by atoms with Crippen molar-refractivity contribution in [2.75, 3.05) is 0 Å². The topological polar surface area (TPSA) is 0 Å². The minimum absolute atomic E-state index is 0. The van der Waals surface area contributed by atoms with Crippen LogP contribution >= 0.6 is 0 Å². The fraction of sp³-hybridized carbons (Fsp3) is 0. The van der Waals surface area contributed by atoms with Gasteiger partial charge in [-0.15, -0.1) is 0 Å². The molecule has 4 heavy (non-hydrogen) atoms. The maximum absolute atomic E-state index is 0. The zero-order valence-corrected chi connectivity index (χ0v) is 7.80. The van der Waals surface area contributed by atoms with Gasteiger partial charge in [-0.05, 0) is 0 Å². The summed E-state index contributed by atoms with van der Waals surface area (Å²) in [5, 5.41) is 0. The zero-order valence-electron chi connectivity index (χ0n) is 2.99.